The van der Waals surface area contributed by atoms with E-state index in [0.717, 1.165) is 11.5 Å². The predicted octanol–water partition coefficient (Wildman–Crippen LogP) is 5.76. The topological polar surface area (TPSA) is 9.23 Å². The maximum atomic E-state index is 5.82. The Hall–Kier alpha value is -2.54. The summed E-state index contributed by atoms with van der Waals surface area (Å²) < 4.78 is 5.82. The molecule has 0 spiro atoms. The van der Waals surface area contributed by atoms with Crippen LogP contribution in [0.15, 0.2) is 72.8 Å². The Balaban J connectivity index is 1.84. The molecule has 0 aliphatic rings. The Bertz CT molecular complexity index is 707. The summed E-state index contributed by atoms with van der Waals surface area (Å²) in [5.41, 5.74) is 5.03. The van der Waals surface area contributed by atoms with Gasteiger partial charge in [0.15, 0.2) is 0 Å². The molecule has 0 unspecified atom stereocenters. The van der Waals surface area contributed by atoms with Gasteiger partial charge in [-0.3, -0.25) is 0 Å². The average Bonchev–Trinajstić information content (AvgIpc) is 2.48. The largest absolute Gasteiger partial charge is 0.457 e. The molecule has 0 radical (unpaired) electrons. The van der Waals surface area contributed by atoms with Crippen molar-refractivity contribution in [2.24, 2.45) is 0 Å². The molecule has 21 heavy (non-hydrogen) atoms. The average molecular weight is 274 g/mol. The summed E-state index contributed by atoms with van der Waals surface area (Å²) >= 11 is 0. The molecule has 3 aromatic carbocycles. The molecule has 0 heterocycles. The third-order valence-electron chi connectivity index (χ3n) is 3.39. The fraction of sp³-hybridized carbons (Fsp3) is 0.100. The van der Waals surface area contributed by atoms with E-state index >= 15 is 0 Å². The Morgan fingerprint density at radius 3 is 1.76 bits per heavy atom. The van der Waals surface area contributed by atoms with E-state index in [9.17, 15) is 0 Å². The van der Waals surface area contributed by atoms with Crippen LogP contribution in [-0.2, 0) is 0 Å². The fourth-order valence-electron chi connectivity index (χ4n) is 2.48. The van der Waals surface area contributed by atoms with Crippen molar-refractivity contribution in [3.05, 3.63) is 83.9 Å². The molecule has 0 bridgehead atoms. The van der Waals surface area contributed by atoms with Crippen LogP contribution >= 0.6 is 0 Å². The van der Waals surface area contributed by atoms with E-state index in [1.807, 2.05) is 42.5 Å². The van der Waals surface area contributed by atoms with Crippen molar-refractivity contribution in [1.82, 2.24) is 0 Å². The maximum Gasteiger partial charge on any atom is 0.127 e. The van der Waals surface area contributed by atoms with Crippen molar-refractivity contribution in [2.75, 3.05) is 0 Å². The molecule has 0 saturated carbocycles. The van der Waals surface area contributed by atoms with Gasteiger partial charge in [0.1, 0.15) is 11.5 Å². The van der Waals surface area contributed by atoms with Crippen LogP contribution in [0.4, 0.5) is 0 Å². The van der Waals surface area contributed by atoms with E-state index in [2.05, 4.69) is 44.2 Å². The van der Waals surface area contributed by atoms with Crippen LogP contribution in [-0.4, -0.2) is 0 Å². The van der Waals surface area contributed by atoms with Gasteiger partial charge >= 0.3 is 0 Å². The van der Waals surface area contributed by atoms with Gasteiger partial charge in [-0.2, -0.15) is 0 Å². The van der Waals surface area contributed by atoms with Gasteiger partial charge in [-0.25, -0.2) is 0 Å². The smallest absolute Gasteiger partial charge is 0.127 e. The predicted molar refractivity (Wildman–Crippen MR) is 87.9 cm³/mol. The zero-order chi connectivity index (χ0) is 14.7. The fourth-order valence-corrected chi connectivity index (χ4v) is 2.48. The molecule has 1 nitrogen and oxygen atoms in total. The molecule has 3 aromatic rings. The summed E-state index contributed by atoms with van der Waals surface area (Å²) in [5.74, 6) is 1.71. The first kappa shape index (κ1) is 13.4. The maximum absolute atomic E-state index is 5.82. The summed E-state index contributed by atoms with van der Waals surface area (Å²) in [6, 6.07) is 24.7. The second kappa shape index (κ2) is 5.84. The monoisotopic (exact) mass is 274 g/mol. The van der Waals surface area contributed by atoms with E-state index < -0.39 is 0 Å². The van der Waals surface area contributed by atoms with Crippen LogP contribution in [0, 0.1) is 13.8 Å². The SMILES string of the molecule is Cc1cc(C)cc(-c2ccc(Oc3ccccc3)cc2)c1. The van der Waals surface area contributed by atoms with Gasteiger partial charge in [0, 0.05) is 0 Å². The molecule has 0 atom stereocenters. The van der Waals surface area contributed by atoms with Crippen LogP contribution in [0.5, 0.6) is 11.5 Å². The summed E-state index contributed by atoms with van der Waals surface area (Å²) in [5, 5.41) is 0. The van der Waals surface area contributed by atoms with E-state index in [1.54, 1.807) is 0 Å². The van der Waals surface area contributed by atoms with Crippen molar-refractivity contribution in [3.63, 3.8) is 0 Å². The minimum absolute atomic E-state index is 0.856. The van der Waals surface area contributed by atoms with Gasteiger partial charge in [-0.1, -0.05) is 59.7 Å². The van der Waals surface area contributed by atoms with Gasteiger partial charge in [-0.05, 0) is 49.2 Å². The van der Waals surface area contributed by atoms with Gasteiger partial charge in [0.2, 0.25) is 0 Å². The number of ether oxygens (including phenoxy) is 1. The molecular weight excluding hydrogens is 256 g/mol. The van der Waals surface area contributed by atoms with Gasteiger partial charge in [0.25, 0.3) is 0 Å². The van der Waals surface area contributed by atoms with Crippen molar-refractivity contribution in [1.29, 1.82) is 0 Å². The normalized spacial score (nSPS) is 10.4. The molecule has 104 valence electrons. The number of aryl methyl sites for hydroxylation is 2. The Morgan fingerprint density at radius 2 is 1.14 bits per heavy atom. The van der Waals surface area contributed by atoms with Crippen molar-refractivity contribution in [2.45, 2.75) is 13.8 Å². The van der Waals surface area contributed by atoms with Crippen LogP contribution < -0.4 is 4.74 Å². The van der Waals surface area contributed by atoms with Gasteiger partial charge in [-0.15, -0.1) is 0 Å². The van der Waals surface area contributed by atoms with Crippen molar-refractivity contribution >= 4 is 0 Å². The Kier molecular flexibility index (Phi) is 3.74. The first-order valence-electron chi connectivity index (χ1n) is 7.12. The number of hydrogen-bond donors (Lipinski definition) is 0. The summed E-state index contributed by atoms with van der Waals surface area (Å²) in [6.45, 7) is 4.26. The zero-order valence-corrected chi connectivity index (χ0v) is 12.3. The minimum Gasteiger partial charge on any atom is -0.457 e. The van der Waals surface area contributed by atoms with E-state index in [-0.39, 0.29) is 0 Å². The quantitative estimate of drug-likeness (QED) is 0.589. The molecule has 0 saturated heterocycles. The molecule has 0 aliphatic heterocycles. The van der Waals surface area contributed by atoms with Crippen LogP contribution in [0.25, 0.3) is 11.1 Å². The van der Waals surface area contributed by atoms with Crippen molar-refractivity contribution in [3.8, 4) is 22.6 Å². The minimum atomic E-state index is 0.856. The lowest BCUT2D eigenvalue weighted by molar-refractivity contribution is 0.483. The Morgan fingerprint density at radius 1 is 0.571 bits per heavy atom. The third-order valence-corrected chi connectivity index (χ3v) is 3.39. The molecule has 0 fully saturated rings. The first-order valence-corrected chi connectivity index (χ1v) is 7.12. The highest BCUT2D eigenvalue weighted by Crippen LogP contribution is 2.26. The molecule has 3 rings (SSSR count). The molecule has 0 aliphatic carbocycles. The number of benzene rings is 3. The molecule has 0 aromatic heterocycles. The van der Waals surface area contributed by atoms with E-state index in [4.69, 9.17) is 4.74 Å². The first-order chi connectivity index (χ1) is 10.2. The lowest BCUT2D eigenvalue weighted by Crippen LogP contribution is -1.85. The molecule has 1 heteroatoms. The highest BCUT2D eigenvalue weighted by atomic mass is 16.5. The second-order valence-corrected chi connectivity index (χ2v) is 5.32. The van der Waals surface area contributed by atoms with E-state index in [0.29, 0.717) is 0 Å². The van der Waals surface area contributed by atoms with Crippen LogP contribution in [0.1, 0.15) is 11.1 Å². The van der Waals surface area contributed by atoms with Crippen LogP contribution in [0.2, 0.25) is 0 Å². The molecule has 0 N–H and O–H groups in total. The number of para-hydroxylation sites is 1. The molecule has 0 amide bonds. The Labute approximate surface area is 125 Å². The van der Waals surface area contributed by atoms with Crippen molar-refractivity contribution < 1.29 is 4.74 Å². The summed E-state index contributed by atoms with van der Waals surface area (Å²) in [4.78, 5) is 0. The highest BCUT2D eigenvalue weighted by molar-refractivity contribution is 5.65. The standard InChI is InChI=1S/C20H18O/c1-15-12-16(2)14-18(13-15)17-8-10-20(11-9-17)21-19-6-4-3-5-7-19/h3-14H,1-2H3. The summed E-state index contributed by atoms with van der Waals surface area (Å²) in [7, 11) is 0. The van der Waals surface area contributed by atoms with Crippen LogP contribution in [0.3, 0.4) is 0 Å². The number of hydrogen-bond acceptors (Lipinski definition) is 1. The molecular formula is C20H18O. The summed E-state index contributed by atoms with van der Waals surface area (Å²) in [6.07, 6.45) is 0. The second-order valence-electron chi connectivity index (χ2n) is 5.32. The number of rotatable bonds is 3. The van der Waals surface area contributed by atoms with E-state index in [1.165, 1.54) is 22.3 Å². The third kappa shape index (κ3) is 3.32. The van der Waals surface area contributed by atoms with Gasteiger partial charge in [0.05, 0.1) is 0 Å². The zero-order valence-electron chi connectivity index (χ0n) is 12.3. The lowest BCUT2D eigenvalue weighted by atomic mass is 10.0. The van der Waals surface area contributed by atoms with Gasteiger partial charge < -0.3 is 4.74 Å². The lowest BCUT2D eigenvalue weighted by Gasteiger charge is -2.08. The highest BCUT2D eigenvalue weighted by Gasteiger charge is 2.01.